The highest BCUT2D eigenvalue weighted by molar-refractivity contribution is 6.01. The van der Waals surface area contributed by atoms with Crippen molar-refractivity contribution in [3.63, 3.8) is 0 Å². The number of rotatable bonds is 15. The second kappa shape index (κ2) is 15.7. The summed E-state index contributed by atoms with van der Waals surface area (Å²) in [5.74, 6) is 0.594. The Morgan fingerprint density at radius 3 is 2.64 bits per heavy atom. The summed E-state index contributed by atoms with van der Waals surface area (Å²) in [4.78, 5) is 22.4. The minimum Gasteiger partial charge on any atom is -0.497 e. The van der Waals surface area contributed by atoms with Crippen molar-refractivity contribution in [2.45, 2.75) is 30.9 Å². The first-order valence-electron chi connectivity index (χ1n) is 15.1. The number of carbonyl (C=O) groups excluding carboxylic acids is 1. The van der Waals surface area contributed by atoms with Gasteiger partial charge in [-0.25, -0.2) is 14.8 Å². The molecule has 242 valence electrons. The van der Waals surface area contributed by atoms with E-state index in [1.54, 1.807) is 73.8 Å². The van der Waals surface area contributed by atoms with Crippen LogP contribution in [-0.2, 0) is 22.4 Å². The fourth-order valence-corrected chi connectivity index (χ4v) is 5.33. The number of halogens is 1. The van der Waals surface area contributed by atoms with Crippen molar-refractivity contribution in [3.8, 4) is 11.5 Å². The van der Waals surface area contributed by atoms with Crippen molar-refractivity contribution in [2.75, 3.05) is 26.9 Å². The number of nitrogens with one attached hydrogen (secondary N) is 2. The minimum absolute atomic E-state index is 0.0212. The van der Waals surface area contributed by atoms with E-state index in [2.05, 4.69) is 20.9 Å². The van der Waals surface area contributed by atoms with Gasteiger partial charge in [0, 0.05) is 42.2 Å². The number of carbonyl (C=O) groups is 1. The second-order valence-corrected chi connectivity index (χ2v) is 10.8. The summed E-state index contributed by atoms with van der Waals surface area (Å²) in [6.07, 6.45) is 0.0670. The molecule has 0 saturated carbocycles. The number of nitrogens with zero attached hydrogens (tertiary/aromatic N) is 4. The van der Waals surface area contributed by atoms with Crippen molar-refractivity contribution in [2.24, 2.45) is 10.1 Å². The van der Waals surface area contributed by atoms with Crippen LogP contribution in [0.3, 0.4) is 0 Å². The van der Waals surface area contributed by atoms with Gasteiger partial charge in [0.15, 0.2) is 11.6 Å². The highest BCUT2D eigenvalue weighted by Crippen LogP contribution is 2.44. The lowest BCUT2D eigenvalue weighted by atomic mass is 9.81. The first kappa shape index (κ1) is 33.0. The second-order valence-electron chi connectivity index (χ2n) is 10.8. The van der Waals surface area contributed by atoms with Gasteiger partial charge in [-0.3, -0.25) is 10.2 Å². The highest BCUT2D eigenvalue weighted by atomic mass is 19.1. The monoisotopic (exact) mass is 638 g/mol. The van der Waals surface area contributed by atoms with Gasteiger partial charge < -0.3 is 19.3 Å². The van der Waals surface area contributed by atoms with E-state index in [0.29, 0.717) is 59.9 Å². The fourth-order valence-electron chi connectivity index (χ4n) is 5.33. The summed E-state index contributed by atoms with van der Waals surface area (Å²) in [6, 6.07) is 27.6. The maximum Gasteiger partial charge on any atom is 0.266 e. The zero-order chi connectivity index (χ0) is 33.1. The van der Waals surface area contributed by atoms with E-state index in [0.717, 1.165) is 5.56 Å². The van der Waals surface area contributed by atoms with Crippen LogP contribution in [0.5, 0.6) is 11.5 Å². The molecule has 0 saturated heterocycles. The molecule has 11 nitrogen and oxygen atoms in total. The molecule has 0 unspecified atom stereocenters. The molecule has 4 aromatic rings. The standard InChI is InChI=1S/C35H35FN6O5/c1-45-30-11-5-9-26(22-30)32-35(23-27-8-2-3-12-31(27)40-42-37,34(44)41-38-18-17-24-7-4-10-28(36)21-24)39-33(47-32)25-13-15-29(16-14-25)46-20-6-19-43/h2-5,7-16,21-22,32,38,43H,6,17-20,23H2,1H3,(H,41,44)/t32-,35-/m0/s1. The van der Waals surface area contributed by atoms with Crippen LogP contribution < -0.4 is 20.3 Å². The number of amides is 1. The summed E-state index contributed by atoms with van der Waals surface area (Å²) < 4.78 is 31.4. The Bertz CT molecular complexity index is 1760. The molecular weight excluding hydrogens is 603 g/mol. The van der Waals surface area contributed by atoms with Gasteiger partial charge in [-0.1, -0.05) is 53.6 Å². The predicted octanol–water partition coefficient (Wildman–Crippen LogP) is 5.90. The number of ether oxygens (including phenoxy) is 3. The van der Waals surface area contributed by atoms with Gasteiger partial charge in [0.1, 0.15) is 17.3 Å². The van der Waals surface area contributed by atoms with E-state index in [4.69, 9.17) is 24.3 Å². The van der Waals surface area contributed by atoms with Crippen LogP contribution in [0.15, 0.2) is 107 Å². The molecule has 1 aliphatic rings. The van der Waals surface area contributed by atoms with Gasteiger partial charge in [0.2, 0.25) is 5.90 Å². The van der Waals surface area contributed by atoms with Crippen molar-refractivity contribution in [3.05, 3.63) is 136 Å². The average molecular weight is 639 g/mol. The van der Waals surface area contributed by atoms with Crippen LogP contribution in [0.4, 0.5) is 10.1 Å². The molecule has 0 radical (unpaired) electrons. The van der Waals surface area contributed by atoms with Crippen LogP contribution in [0.25, 0.3) is 10.4 Å². The third kappa shape index (κ3) is 8.06. The van der Waals surface area contributed by atoms with Crippen molar-refractivity contribution < 1.29 is 28.5 Å². The van der Waals surface area contributed by atoms with E-state index in [-0.39, 0.29) is 24.7 Å². The molecule has 0 bridgehead atoms. The van der Waals surface area contributed by atoms with Crippen LogP contribution in [0, 0.1) is 5.82 Å². The summed E-state index contributed by atoms with van der Waals surface area (Å²) in [6.45, 7) is 0.714. The fraction of sp³-hybridized carbons (Fsp3) is 0.257. The van der Waals surface area contributed by atoms with E-state index >= 15 is 0 Å². The van der Waals surface area contributed by atoms with E-state index in [1.165, 1.54) is 12.1 Å². The quantitative estimate of drug-likeness (QED) is 0.0485. The van der Waals surface area contributed by atoms with E-state index in [9.17, 15) is 14.7 Å². The molecule has 1 amide bonds. The third-order valence-electron chi connectivity index (χ3n) is 7.66. The van der Waals surface area contributed by atoms with Crippen LogP contribution in [-0.4, -0.2) is 49.3 Å². The smallest absolute Gasteiger partial charge is 0.266 e. The normalized spacial score (nSPS) is 16.8. The molecule has 4 aromatic carbocycles. The Morgan fingerprint density at radius 2 is 1.87 bits per heavy atom. The first-order valence-corrected chi connectivity index (χ1v) is 15.1. The Hall–Kier alpha value is -5.42. The van der Waals surface area contributed by atoms with Crippen molar-refractivity contribution >= 4 is 17.5 Å². The summed E-state index contributed by atoms with van der Waals surface area (Å²) >= 11 is 0. The van der Waals surface area contributed by atoms with Gasteiger partial charge in [-0.05, 0) is 77.2 Å². The van der Waals surface area contributed by atoms with Crippen molar-refractivity contribution in [1.29, 1.82) is 0 Å². The molecule has 47 heavy (non-hydrogen) atoms. The molecule has 1 heterocycles. The summed E-state index contributed by atoms with van der Waals surface area (Å²) in [5.41, 5.74) is 16.4. The molecule has 12 heteroatoms. The Balaban J connectivity index is 1.53. The topological polar surface area (TPSA) is 150 Å². The number of aliphatic imine (C=N–C) groups is 1. The maximum atomic E-state index is 14.4. The number of hydrogen-bond acceptors (Lipinski definition) is 8. The molecule has 0 fully saturated rings. The van der Waals surface area contributed by atoms with E-state index < -0.39 is 17.6 Å². The Kier molecular flexibility index (Phi) is 11.0. The van der Waals surface area contributed by atoms with Crippen LogP contribution in [0.1, 0.15) is 34.8 Å². The van der Waals surface area contributed by atoms with Crippen LogP contribution >= 0.6 is 0 Å². The largest absolute Gasteiger partial charge is 0.497 e. The Morgan fingerprint density at radius 1 is 1.06 bits per heavy atom. The SMILES string of the molecule is COc1cccc([C@@H]2OC(c3ccc(OCCCO)cc3)=N[C@]2(Cc2ccccc2N=[N+]=[N-])C(=O)NNCCc2cccc(F)c2)c1. The van der Waals surface area contributed by atoms with Gasteiger partial charge in [-0.2, -0.15) is 0 Å². The lowest BCUT2D eigenvalue weighted by Crippen LogP contribution is -2.54. The Labute approximate surface area is 271 Å². The lowest BCUT2D eigenvalue weighted by molar-refractivity contribution is -0.130. The molecule has 0 aromatic heterocycles. The average Bonchev–Trinajstić information content (AvgIpc) is 3.48. The molecular formula is C35H35FN6O5. The molecule has 0 spiro atoms. The van der Waals surface area contributed by atoms with Gasteiger partial charge >= 0.3 is 0 Å². The van der Waals surface area contributed by atoms with E-state index in [1.807, 2.05) is 18.2 Å². The molecule has 3 N–H and O–H groups in total. The summed E-state index contributed by atoms with van der Waals surface area (Å²) in [5, 5.41) is 12.9. The first-order chi connectivity index (χ1) is 23.0. The maximum absolute atomic E-state index is 14.4. The molecule has 0 aliphatic carbocycles. The predicted molar refractivity (Wildman–Crippen MR) is 175 cm³/mol. The highest BCUT2D eigenvalue weighted by Gasteiger charge is 2.53. The number of methoxy groups -OCH3 is 1. The zero-order valence-corrected chi connectivity index (χ0v) is 25.8. The molecule has 2 atom stereocenters. The number of aliphatic hydroxyl groups excluding tert-OH is 1. The van der Waals surface area contributed by atoms with Gasteiger partial charge in [0.05, 0.1) is 13.7 Å². The molecule has 5 rings (SSSR count). The van der Waals surface area contributed by atoms with Crippen LogP contribution in [0.2, 0.25) is 0 Å². The number of aliphatic hydroxyl groups is 1. The van der Waals surface area contributed by atoms with Gasteiger partial charge in [0.25, 0.3) is 5.91 Å². The number of hydrogen-bond donors (Lipinski definition) is 3. The number of hydrazine groups is 1. The zero-order valence-electron chi connectivity index (χ0n) is 25.8. The van der Waals surface area contributed by atoms with Crippen molar-refractivity contribution in [1.82, 2.24) is 10.9 Å². The minimum atomic E-state index is -1.58. The summed E-state index contributed by atoms with van der Waals surface area (Å²) in [7, 11) is 1.55. The number of azide groups is 1. The number of benzene rings is 4. The third-order valence-corrected chi connectivity index (χ3v) is 7.66. The molecule has 1 aliphatic heterocycles. The van der Waals surface area contributed by atoms with Gasteiger partial charge in [-0.15, -0.1) is 0 Å². The lowest BCUT2D eigenvalue weighted by Gasteiger charge is -2.31.